The van der Waals surface area contributed by atoms with Gasteiger partial charge in [0.25, 0.3) is 0 Å². The van der Waals surface area contributed by atoms with Crippen LogP contribution in [0.15, 0.2) is 212 Å². The summed E-state index contributed by atoms with van der Waals surface area (Å²) in [6.45, 7) is 4.75. The maximum absolute atomic E-state index is 2.47. The van der Waals surface area contributed by atoms with Crippen LogP contribution in [0.5, 0.6) is 0 Å². The van der Waals surface area contributed by atoms with E-state index in [0.717, 1.165) is 17.1 Å². The fourth-order valence-corrected chi connectivity index (χ4v) is 10.2. The van der Waals surface area contributed by atoms with Crippen molar-refractivity contribution >= 4 is 27.8 Å². The van der Waals surface area contributed by atoms with Crippen LogP contribution < -0.4 is 4.90 Å². The molecule has 9 aromatic rings. The zero-order valence-electron chi connectivity index (χ0n) is 32.2. The summed E-state index contributed by atoms with van der Waals surface area (Å²) in [4.78, 5) is 2.45. The fraction of sp³-hybridized carbons (Fsp3) is 0.0714. The predicted octanol–water partition coefficient (Wildman–Crippen LogP) is 14.6. The second-order valence-electron chi connectivity index (χ2n) is 16.1. The lowest BCUT2D eigenvalue weighted by Crippen LogP contribution is -2.28. The molecule has 0 amide bonds. The Morgan fingerprint density at radius 3 is 1.53 bits per heavy atom. The summed E-state index contributed by atoms with van der Waals surface area (Å²) >= 11 is 0. The Morgan fingerprint density at radius 2 is 0.842 bits per heavy atom. The van der Waals surface area contributed by atoms with Crippen LogP contribution in [-0.4, -0.2) is 0 Å². The molecule has 1 nitrogen and oxygen atoms in total. The van der Waals surface area contributed by atoms with E-state index >= 15 is 0 Å². The second-order valence-corrected chi connectivity index (χ2v) is 16.1. The first-order chi connectivity index (χ1) is 28.0. The van der Waals surface area contributed by atoms with Gasteiger partial charge in [0.15, 0.2) is 0 Å². The summed E-state index contributed by atoms with van der Waals surface area (Å²) in [7, 11) is 0. The van der Waals surface area contributed by atoms with Gasteiger partial charge in [0.1, 0.15) is 0 Å². The van der Waals surface area contributed by atoms with Crippen molar-refractivity contribution in [3.05, 3.63) is 246 Å². The van der Waals surface area contributed by atoms with Crippen LogP contribution in [0, 0.1) is 0 Å². The Balaban J connectivity index is 1.14. The first-order valence-electron chi connectivity index (χ1n) is 20.0. The lowest BCUT2D eigenvalue weighted by Gasteiger charge is -2.35. The van der Waals surface area contributed by atoms with Crippen molar-refractivity contribution in [3.63, 3.8) is 0 Å². The number of rotatable bonds is 6. The zero-order valence-corrected chi connectivity index (χ0v) is 32.2. The third-order valence-electron chi connectivity index (χ3n) is 12.7. The van der Waals surface area contributed by atoms with Crippen molar-refractivity contribution in [3.8, 4) is 33.4 Å². The molecule has 9 aromatic carbocycles. The van der Waals surface area contributed by atoms with Crippen molar-refractivity contribution in [1.82, 2.24) is 0 Å². The number of anilines is 3. The molecule has 0 aromatic heterocycles. The molecular weight excluding hydrogens is 687 g/mol. The molecule has 57 heavy (non-hydrogen) atoms. The van der Waals surface area contributed by atoms with Crippen LogP contribution in [0.4, 0.5) is 17.1 Å². The number of hydrogen-bond acceptors (Lipinski definition) is 1. The highest BCUT2D eigenvalue weighted by molar-refractivity contribution is 6.00. The molecule has 2 aliphatic rings. The van der Waals surface area contributed by atoms with E-state index in [0.29, 0.717) is 0 Å². The number of hydrogen-bond donors (Lipinski definition) is 0. The van der Waals surface area contributed by atoms with Crippen LogP contribution in [-0.2, 0) is 10.8 Å². The summed E-state index contributed by atoms with van der Waals surface area (Å²) in [5, 5.41) is 2.56. The van der Waals surface area contributed by atoms with Gasteiger partial charge in [0.05, 0.1) is 5.41 Å². The molecule has 0 unspecified atom stereocenters. The minimum absolute atomic E-state index is 0.0902. The van der Waals surface area contributed by atoms with Gasteiger partial charge in [-0.2, -0.15) is 0 Å². The zero-order chi connectivity index (χ0) is 38.1. The van der Waals surface area contributed by atoms with Gasteiger partial charge in [-0.05, 0) is 114 Å². The van der Waals surface area contributed by atoms with Gasteiger partial charge in [0.2, 0.25) is 0 Å². The van der Waals surface area contributed by atoms with Crippen molar-refractivity contribution < 1.29 is 0 Å². The van der Waals surface area contributed by atoms with E-state index in [1.165, 1.54) is 77.5 Å². The molecule has 0 atom stereocenters. The van der Waals surface area contributed by atoms with Crippen molar-refractivity contribution in [1.29, 1.82) is 0 Å². The normalized spacial score (nSPS) is 14.1. The second kappa shape index (κ2) is 12.8. The third kappa shape index (κ3) is 4.95. The molecule has 0 saturated carbocycles. The Morgan fingerprint density at radius 1 is 0.351 bits per heavy atom. The van der Waals surface area contributed by atoms with Crippen LogP contribution in [0.1, 0.15) is 47.2 Å². The fourth-order valence-electron chi connectivity index (χ4n) is 10.2. The molecule has 0 saturated heterocycles. The summed E-state index contributed by atoms with van der Waals surface area (Å²) in [5.41, 5.74) is 18.4. The Bertz CT molecular complexity index is 2920. The van der Waals surface area contributed by atoms with Gasteiger partial charge in [-0.15, -0.1) is 0 Å². The number of fused-ring (bicyclic) bond motifs is 8. The molecule has 0 spiro atoms. The first kappa shape index (κ1) is 33.4. The largest absolute Gasteiger partial charge is 0.310 e. The SMILES string of the molecule is CC1(C)c2ccccc2-c2ccc3cc(N(c4ccc(-c5ccccc5)cc4)c4ccc5c(c4)C(c4ccccc4)(c4ccccc4)c4ccccc4-5)ccc3c21. The van der Waals surface area contributed by atoms with E-state index in [2.05, 4.69) is 231 Å². The predicted molar refractivity (Wildman–Crippen MR) is 239 cm³/mol. The molecule has 270 valence electrons. The van der Waals surface area contributed by atoms with Crippen LogP contribution in [0.3, 0.4) is 0 Å². The van der Waals surface area contributed by atoms with E-state index in [-0.39, 0.29) is 5.41 Å². The van der Waals surface area contributed by atoms with E-state index in [1.54, 1.807) is 0 Å². The summed E-state index contributed by atoms with van der Waals surface area (Å²) in [6.07, 6.45) is 0. The third-order valence-corrected chi connectivity index (χ3v) is 12.7. The molecule has 1 heteroatoms. The van der Waals surface area contributed by atoms with E-state index in [4.69, 9.17) is 0 Å². The van der Waals surface area contributed by atoms with Crippen molar-refractivity contribution in [2.24, 2.45) is 0 Å². The van der Waals surface area contributed by atoms with Crippen molar-refractivity contribution in [2.45, 2.75) is 24.7 Å². The lowest BCUT2D eigenvalue weighted by molar-refractivity contribution is 0.666. The maximum Gasteiger partial charge on any atom is 0.0714 e. The van der Waals surface area contributed by atoms with Crippen LogP contribution >= 0.6 is 0 Å². The highest BCUT2D eigenvalue weighted by Crippen LogP contribution is 2.57. The quantitative estimate of drug-likeness (QED) is 0.165. The van der Waals surface area contributed by atoms with E-state index < -0.39 is 5.41 Å². The summed E-state index contributed by atoms with van der Waals surface area (Å²) in [5.74, 6) is 0. The van der Waals surface area contributed by atoms with Gasteiger partial charge in [-0.1, -0.05) is 190 Å². The number of nitrogens with zero attached hydrogens (tertiary/aromatic N) is 1. The molecule has 0 bridgehead atoms. The minimum Gasteiger partial charge on any atom is -0.310 e. The van der Waals surface area contributed by atoms with E-state index in [1.807, 2.05) is 0 Å². The van der Waals surface area contributed by atoms with Gasteiger partial charge in [0, 0.05) is 22.5 Å². The Labute approximate surface area is 335 Å². The van der Waals surface area contributed by atoms with Gasteiger partial charge < -0.3 is 4.90 Å². The first-order valence-corrected chi connectivity index (χ1v) is 20.0. The molecule has 11 rings (SSSR count). The highest BCUT2D eigenvalue weighted by atomic mass is 15.1. The maximum atomic E-state index is 2.47. The highest BCUT2D eigenvalue weighted by Gasteiger charge is 2.46. The summed E-state index contributed by atoms with van der Waals surface area (Å²) in [6, 6.07) is 78.7. The lowest BCUT2D eigenvalue weighted by atomic mass is 9.67. The molecule has 0 fully saturated rings. The standard InChI is InChI=1S/C56H41N/c1-55(2)51-24-14-12-23-48(51)50-33-28-40-36-44(31-34-46(40)54(50)55)57(43-29-26-39(27-30-43)38-16-6-3-7-17-38)45-32-35-49-47-22-13-15-25-52(47)56(53(49)37-45,41-18-8-4-9-19-41)42-20-10-5-11-21-42/h3-37H,1-2H3. The molecule has 0 radical (unpaired) electrons. The monoisotopic (exact) mass is 727 g/mol. The average molecular weight is 728 g/mol. The Kier molecular flexibility index (Phi) is 7.50. The minimum atomic E-state index is -0.488. The average Bonchev–Trinajstić information content (AvgIpc) is 3.70. The molecule has 0 heterocycles. The molecule has 0 N–H and O–H groups in total. The molecule has 0 aliphatic heterocycles. The van der Waals surface area contributed by atoms with Crippen LogP contribution in [0.25, 0.3) is 44.2 Å². The Hall–Kier alpha value is -6.96. The molecular formula is C56H41N. The van der Waals surface area contributed by atoms with Gasteiger partial charge in [-0.3, -0.25) is 0 Å². The van der Waals surface area contributed by atoms with Gasteiger partial charge in [-0.25, -0.2) is 0 Å². The number of benzene rings is 9. The summed E-state index contributed by atoms with van der Waals surface area (Å²) < 4.78 is 0. The van der Waals surface area contributed by atoms with Crippen molar-refractivity contribution in [2.75, 3.05) is 4.90 Å². The van der Waals surface area contributed by atoms with Gasteiger partial charge >= 0.3 is 0 Å². The smallest absolute Gasteiger partial charge is 0.0714 e. The molecule has 2 aliphatic carbocycles. The van der Waals surface area contributed by atoms with Crippen LogP contribution in [0.2, 0.25) is 0 Å². The topological polar surface area (TPSA) is 3.24 Å². The van der Waals surface area contributed by atoms with E-state index in [9.17, 15) is 0 Å².